The molecule has 0 spiro atoms. The number of nitrogens with zero attached hydrogens (tertiary/aromatic N) is 2. The molecule has 0 saturated heterocycles. The molecule has 2 aromatic carbocycles. The Kier molecular flexibility index (Phi) is 7.43. The number of aliphatic hydroxyl groups excluding tert-OH is 1. The Bertz CT molecular complexity index is 1110. The van der Waals surface area contributed by atoms with Gasteiger partial charge >= 0.3 is 0 Å². The Balaban J connectivity index is 1.84. The van der Waals surface area contributed by atoms with Crippen LogP contribution in [0.25, 0.3) is 0 Å². The number of hydrogen-bond donors (Lipinski definition) is 2. The predicted molar refractivity (Wildman–Crippen MR) is 116 cm³/mol. The van der Waals surface area contributed by atoms with Gasteiger partial charge in [-0.3, -0.25) is 4.79 Å². The van der Waals surface area contributed by atoms with Crippen molar-refractivity contribution in [1.82, 2.24) is 15.5 Å². The first-order valence-electron chi connectivity index (χ1n) is 9.41. The molecule has 3 rings (SSSR count). The van der Waals surface area contributed by atoms with Gasteiger partial charge in [0.25, 0.3) is 5.91 Å². The average Bonchev–Trinajstić information content (AvgIpc) is 2.72. The summed E-state index contributed by atoms with van der Waals surface area (Å²) in [7, 11) is 0. The Morgan fingerprint density at radius 3 is 2.68 bits per heavy atom. The number of carbonyl (C=O) groups excluding carboxylic acids is 1. The van der Waals surface area contributed by atoms with Crippen LogP contribution in [0.15, 0.2) is 42.6 Å². The number of halogens is 3. The van der Waals surface area contributed by atoms with E-state index >= 15 is 0 Å². The molecular formula is C22H20Cl2FN3O3. The van der Waals surface area contributed by atoms with Crippen molar-refractivity contribution in [1.29, 1.82) is 0 Å². The van der Waals surface area contributed by atoms with Crippen LogP contribution in [-0.4, -0.2) is 33.9 Å². The molecule has 0 aliphatic carbocycles. The summed E-state index contributed by atoms with van der Waals surface area (Å²) in [5, 5.41) is 20.7. The fourth-order valence-corrected chi connectivity index (χ4v) is 3.48. The highest BCUT2D eigenvalue weighted by atomic mass is 35.5. The summed E-state index contributed by atoms with van der Waals surface area (Å²) in [4.78, 5) is 13.0. The van der Waals surface area contributed by atoms with Crippen LogP contribution in [0.1, 0.15) is 27.2 Å². The smallest absolute Gasteiger partial charge is 0.257 e. The molecule has 9 heteroatoms. The molecule has 1 amide bonds. The van der Waals surface area contributed by atoms with Crippen LogP contribution >= 0.6 is 23.2 Å². The molecule has 0 fully saturated rings. The number of carbonyl (C=O) groups is 1. The van der Waals surface area contributed by atoms with Gasteiger partial charge in [0.1, 0.15) is 5.56 Å². The van der Waals surface area contributed by atoms with Crippen molar-refractivity contribution < 1.29 is 19.0 Å². The minimum absolute atomic E-state index is 0.0104. The molecule has 1 aromatic heterocycles. The van der Waals surface area contributed by atoms with E-state index < -0.39 is 17.8 Å². The molecule has 1 atom stereocenters. The number of aryl methyl sites for hydroxylation is 2. The largest absolute Gasteiger partial charge is 0.452 e. The van der Waals surface area contributed by atoms with E-state index in [-0.39, 0.29) is 34.4 Å². The first-order chi connectivity index (χ1) is 14.8. The van der Waals surface area contributed by atoms with E-state index in [4.69, 9.17) is 27.9 Å². The minimum atomic E-state index is -0.757. The lowest BCUT2D eigenvalue weighted by Gasteiger charge is -2.19. The van der Waals surface area contributed by atoms with Crippen molar-refractivity contribution in [2.24, 2.45) is 0 Å². The number of aliphatic hydroxyl groups is 1. The Hall–Kier alpha value is -2.74. The van der Waals surface area contributed by atoms with Crippen LogP contribution in [0.3, 0.4) is 0 Å². The summed E-state index contributed by atoms with van der Waals surface area (Å²) < 4.78 is 19.8. The molecule has 0 saturated carbocycles. The van der Waals surface area contributed by atoms with Crippen LogP contribution in [0.5, 0.6) is 11.5 Å². The van der Waals surface area contributed by atoms with E-state index in [0.29, 0.717) is 11.4 Å². The van der Waals surface area contributed by atoms with Crippen molar-refractivity contribution in [2.75, 3.05) is 6.61 Å². The summed E-state index contributed by atoms with van der Waals surface area (Å²) in [6.45, 7) is 3.19. The fourth-order valence-electron chi connectivity index (χ4n) is 3.00. The van der Waals surface area contributed by atoms with Crippen LogP contribution < -0.4 is 10.1 Å². The molecule has 0 aliphatic heterocycles. The number of rotatable bonds is 7. The maximum absolute atomic E-state index is 14.3. The van der Waals surface area contributed by atoms with E-state index in [9.17, 15) is 14.3 Å². The second kappa shape index (κ2) is 10.0. The van der Waals surface area contributed by atoms with Crippen molar-refractivity contribution in [3.63, 3.8) is 0 Å². The molecule has 31 heavy (non-hydrogen) atoms. The third-order valence-electron chi connectivity index (χ3n) is 4.58. The predicted octanol–water partition coefficient (Wildman–Crippen LogP) is 4.67. The van der Waals surface area contributed by atoms with Gasteiger partial charge in [0, 0.05) is 5.02 Å². The van der Waals surface area contributed by atoms with E-state index in [1.165, 1.54) is 24.4 Å². The van der Waals surface area contributed by atoms with Crippen LogP contribution in [0, 0.1) is 19.7 Å². The van der Waals surface area contributed by atoms with Crippen molar-refractivity contribution >= 4 is 29.1 Å². The molecule has 0 bridgehead atoms. The van der Waals surface area contributed by atoms with Gasteiger partial charge in [-0.1, -0.05) is 41.4 Å². The van der Waals surface area contributed by atoms with Gasteiger partial charge in [0.15, 0.2) is 17.3 Å². The van der Waals surface area contributed by atoms with Crippen LogP contribution in [-0.2, 0) is 6.42 Å². The van der Waals surface area contributed by atoms with Gasteiger partial charge < -0.3 is 15.2 Å². The Morgan fingerprint density at radius 2 is 1.97 bits per heavy atom. The highest BCUT2D eigenvalue weighted by Gasteiger charge is 2.22. The number of nitrogens with one attached hydrogen (secondary N) is 1. The Morgan fingerprint density at radius 1 is 1.19 bits per heavy atom. The van der Waals surface area contributed by atoms with E-state index in [0.717, 1.165) is 11.1 Å². The maximum atomic E-state index is 14.3. The summed E-state index contributed by atoms with van der Waals surface area (Å²) >= 11 is 12.1. The standard InChI is InChI=1S/C22H20Cl2FN3O3/c1-12-6-7-14(17(24)8-12)9-15(11-29)27-22(30)20-13(2)28-26-10-19(20)31-18-5-3-4-16(23)21(18)25/h3-8,10,15,29H,9,11H2,1-2H3,(H,27,30)/t15-/m1/s1. The van der Waals surface area contributed by atoms with Crippen molar-refractivity contribution in [3.05, 3.63) is 80.8 Å². The van der Waals surface area contributed by atoms with Crippen molar-refractivity contribution in [2.45, 2.75) is 26.3 Å². The molecule has 0 aliphatic rings. The van der Waals surface area contributed by atoms with Crippen LogP contribution in [0.4, 0.5) is 4.39 Å². The molecule has 2 N–H and O–H groups in total. The van der Waals surface area contributed by atoms with Crippen molar-refractivity contribution in [3.8, 4) is 11.5 Å². The summed E-state index contributed by atoms with van der Waals surface area (Å²) in [6.07, 6.45) is 1.53. The van der Waals surface area contributed by atoms with E-state index in [1.807, 2.05) is 25.1 Å². The highest BCUT2D eigenvalue weighted by molar-refractivity contribution is 6.31. The molecule has 6 nitrogen and oxygen atoms in total. The third kappa shape index (κ3) is 5.50. The first-order valence-corrected chi connectivity index (χ1v) is 10.2. The lowest BCUT2D eigenvalue weighted by molar-refractivity contribution is 0.0912. The quantitative estimate of drug-likeness (QED) is 0.531. The number of hydrogen-bond acceptors (Lipinski definition) is 5. The third-order valence-corrected chi connectivity index (χ3v) is 5.23. The molecular weight excluding hydrogens is 444 g/mol. The summed E-state index contributed by atoms with van der Waals surface area (Å²) in [5.41, 5.74) is 2.14. The topological polar surface area (TPSA) is 84.3 Å². The van der Waals surface area contributed by atoms with Gasteiger partial charge in [0.2, 0.25) is 0 Å². The zero-order chi connectivity index (χ0) is 22.5. The Labute approximate surface area is 189 Å². The zero-order valence-corrected chi connectivity index (χ0v) is 18.3. The monoisotopic (exact) mass is 463 g/mol. The van der Waals surface area contributed by atoms with Gasteiger partial charge in [-0.05, 0) is 49.6 Å². The van der Waals surface area contributed by atoms with Gasteiger partial charge in [-0.25, -0.2) is 4.39 Å². The molecule has 162 valence electrons. The second-order valence-corrected chi connectivity index (χ2v) is 7.79. The number of aromatic nitrogens is 2. The lowest BCUT2D eigenvalue weighted by Crippen LogP contribution is -2.39. The molecule has 3 aromatic rings. The van der Waals surface area contributed by atoms with E-state index in [2.05, 4.69) is 15.5 Å². The lowest BCUT2D eigenvalue weighted by atomic mass is 10.0. The van der Waals surface area contributed by atoms with Gasteiger partial charge in [-0.2, -0.15) is 10.2 Å². The fraction of sp³-hybridized carbons (Fsp3) is 0.227. The van der Waals surface area contributed by atoms with Gasteiger partial charge in [0.05, 0.1) is 29.6 Å². The number of ether oxygens (including phenoxy) is 1. The van der Waals surface area contributed by atoms with E-state index in [1.54, 1.807) is 6.92 Å². The molecule has 1 heterocycles. The maximum Gasteiger partial charge on any atom is 0.257 e. The average molecular weight is 464 g/mol. The number of amides is 1. The zero-order valence-electron chi connectivity index (χ0n) is 16.8. The summed E-state index contributed by atoms with van der Waals surface area (Å²) in [5.74, 6) is -1.45. The van der Waals surface area contributed by atoms with Gasteiger partial charge in [-0.15, -0.1) is 0 Å². The first kappa shape index (κ1) is 22.9. The van der Waals surface area contributed by atoms with Crippen LogP contribution in [0.2, 0.25) is 10.0 Å². The summed E-state index contributed by atoms with van der Waals surface area (Å²) in [6, 6.07) is 9.24. The number of benzene rings is 2. The highest BCUT2D eigenvalue weighted by Crippen LogP contribution is 2.31. The molecule has 0 unspecified atom stereocenters. The SMILES string of the molecule is Cc1ccc(C[C@H](CO)NC(=O)c2c(Oc3cccc(Cl)c3F)cnnc2C)c(Cl)c1. The minimum Gasteiger partial charge on any atom is -0.452 e. The normalized spacial score (nSPS) is 11.8. The second-order valence-electron chi connectivity index (χ2n) is 6.98. The molecule has 0 radical (unpaired) electrons.